The molecule has 1 aromatic rings. The molecular formula is C18H24F3N3O3. The largest absolute Gasteiger partial charge is 0.418 e. The summed E-state index contributed by atoms with van der Waals surface area (Å²) in [5.74, 6) is 0. The Balaban J connectivity index is 1.72. The molecule has 6 nitrogen and oxygen atoms in total. The van der Waals surface area contributed by atoms with Crippen LogP contribution >= 0.6 is 0 Å². The normalized spacial score (nSPS) is 21.8. The fraction of sp³-hybridized carbons (Fsp3) is 0.611. The Morgan fingerprint density at radius 2 is 2.00 bits per heavy atom. The molecule has 2 saturated heterocycles. The number of ether oxygens (including phenoxy) is 2. The van der Waals surface area contributed by atoms with E-state index in [9.17, 15) is 18.0 Å². The van der Waals surface area contributed by atoms with Crippen molar-refractivity contribution in [2.24, 2.45) is 0 Å². The Labute approximate surface area is 156 Å². The molecule has 1 aromatic carbocycles. The van der Waals surface area contributed by atoms with Crippen LogP contribution in [0.5, 0.6) is 0 Å². The minimum absolute atomic E-state index is 0.110. The molecule has 9 heteroatoms. The first kappa shape index (κ1) is 19.8. The van der Waals surface area contributed by atoms with Gasteiger partial charge in [-0.1, -0.05) is 0 Å². The minimum atomic E-state index is -4.58. The average molecular weight is 387 g/mol. The van der Waals surface area contributed by atoms with Crippen molar-refractivity contribution in [3.63, 3.8) is 0 Å². The number of urea groups is 1. The number of nitrogens with zero attached hydrogens (tertiary/aromatic N) is 1. The standard InChI is InChI=1S/C18H24F3N3O3/c1-12(16-3-2-8-27-16)22-17(25)23-15-5-4-13(11-14(15)18(19,20)21)24-6-9-26-10-7-24/h4-5,11-12,16H,2-3,6-10H2,1H3,(H2,22,23,25)/t12-,16-/m0/s1. The maximum Gasteiger partial charge on any atom is 0.418 e. The second kappa shape index (κ2) is 8.35. The molecule has 2 heterocycles. The third-order valence-electron chi connectivity index (χ3n) is 4.81. The van der Waals surface area contributed by atoms with E-state index in [4.69, 9.17) is 9.47 Å². The Morgan fingerprint density at radius 3 is 2.63 bits per heavy atom. The Kier molecular flexibility index (Phi) is 6.11. The molecule has 2 atom stereocenters. The van der Waals surface area contributed by atoms with Gasteiger partial charge in [-0.05, 0) is 38.0 Å². The molecule has 150 valence electrons. The molecule has 0 radical (unpaired) electrons. The van der Waals surface area contributed by atoms with Crippen LogP contribution in [0.15, 0.2) is 18.2 Å². The zero-order valence-electron chi connectivity index (χ0n) is 15.1. The van der Waals surface area contributed by atoms with Gasteiger partial charge >= 0.3 is 12.2 Å². The summed E-state index contributed by atoms with van der Waals surface area (Å²) in [6.07, 6.45) is -2.95. The van der Waals surface area contributed by atoms with Gasteiger partial charge in [0, 0.05) is 25.4 Å². The summed E-state index contributed by atoms with van der Waals surface area (Å²) in [5, 5.41) is 4.99. The van der Waals surface area contributed by atoms with Gasteiger partial charge in [0.15, 0.2) is 0 Å². The molecule has 0 unspecified atom stereocenters. The molecule has 2 aliphatic rings. The second-order valence-electron chi connectivity index (χ2n) is 6.77. The number of carbonyl (C=O) groups is 1. The molecule has 2 amide bonds. The first-order valence-electron chi connectivity index (χ1n) is 9.07. The number of morpholine rings is 1. The maximum absolute atomic E-state index is 13.5. The van der Waals surface area contributed by atoms with E-state index in [1.807, 2.05) is 4.90 Å². The Bertz CT molecular complexity index is 657. The van der Waals surface area contributed by atoms with Gasteiger partial charge in [-0.3, -0.25) is 0 Å². The lowest BCUT2D eigenvalue weighted by molar-refractivity contribution is -0.136. The predicted molar refractivity (Wildman–Crippen MR) is 95.1 cm³/mol. The maximum atomic E-state index is 13.5. The number of rotatable bonds is 4. The van der Waals surface area contributed by atoms with Crippen molar-refractivity contribution in [2.45, 2.75) is 38.1 Å². The van der Waals surface area contributed by atoms with Gasteiger partial charge in [0.1, 0.15) is 0 Å². The SMILES string of the molecule is C[C@H](NC(=O)Nc1ccc(N2CCOCC2)cc1C(F)(F)F)[C@@H]1CCCO1. The molecule has 0 spiro atoms. The Morgan fingerprint density at radius 1 is 1.26 bits per heavy atom. The van der Waals surface area contributed by atoms with E-state index < -0.39 is 17.8 Å². The van der Waals surface area contributed by atoms with E-state index >= 15 is 0 Å². The van der Waals surface area contributed by atoms with E-state index in [1.165, 1.54) is 6.07 Å². The average Bonchev–Trinajstić information content (AvgIpc) is 3.16. The summed E-state index contributed by atoms with van der Waals surface area (Å²) in [6, 6.07) is 2.99. The van der Waals surface area contributed by atoms with Crippen molar-refractivity contribution in [2.75, 3.05) is 43.1 Å². The number of amides is 2. The number of halogens is 3. The van der Waals surface area contributed by atoms with E-state index in [0.717, 1.165) is 18.9 Å². The van der Waals surface area contributed by atoms with Gasteiger partial charge in [0.2, 0.25) is 0 Å². The summed E-state index contributed by atoms with van der Waals surface area (Å²) >= 11 is 0. The first-order valence-corrected chi connectivity index (χ1v) is 9.07. The highest BCUT2D eigenvalue weighted by atomic mass is 19.4. The molecule has 2 aliphatic heterocycles. The van der Waals surface area contributed by atoms with Crippen LogP contribution < -0.4 is 15.5 Å². The lowest BCUT2D eigenvalue weighted by atomic mass is 10.1. The summed E-state index contributed by atoms with van der Waals surface area (Å²) in [5.41, 5.74) is -0.674. The zero-order chi connectivity index (χ0) is 19.4. The number of alkyl halides is 3. The lowest BCUT2D eigenvalue weighted by Crippen LogP contribution is -2.43. The van der Waals surface area contributed by atoms with E-state index in [-0.39, 0.29) is 17.8 Å². The van der Waals surface area contributed by atoms with Gasteiger partial charge < -0.3 is 25.0 Å². The van der Waals surface area contributed by atoms with Crippen molar-refractivity contribution in [3.8, 4) is 0 Å². The van der Waals surface area contributed by atoms with Crippen molar-refractivity contribution in [3.05, 3.63) is 23.8 Å². The minimum Gasteiger partial charge on any atom is -0.378 e. The van der Waals surface area contributed by atoms with Crippen molar-refractivity contribution in [1.82, 2.24) is 5.32 Å². The lowest BCUT2D eigenvalue weighted by Gasteiger charge is -2.30. The Hall–Kier alpha value is -2.00. The topological polar surface area (TPSA) is 62.8 Å². The first-order chi connectivity index (χ1) is 12.8. The quantitative estimate of drug-likeness (QED) is 0.833. The number of nitrogens with one attached hydrogen (secondary N) is 2. The van der Waals surface area contributed by atoms with Crippen LogP contribution in [0.3, 0.4) is 0 Å². The number of benzene rings is 1. The smallest absolute Gasteiger partial charge is 0.378 e. The molecule has 3 rings (SSSR count). The fourth-order valence-electron chi connectivity index (χ4n) is 3.35. The molecule has 0 saturated carbocycles. The van der Waals surface area contributed by atoms with Crippen LogP contribution in [0, 0.1) is 0 Å². The van der Waals surface area contributed by atoms with Crippen LogP contribution in [-0.4, -0.2) is 51.1 Å². The van der Waals surface area contributed by atoms with Gasteiger partial charge in [0.05, 0.1) is 36.6 Å². The van der Waals surface area contributed by atoms with Crippen LogP contribution in [0.4, 0.5) is 29.3 Å². The van der Waals surface area contributed by atoms with Crippen molar-refractivity contribution >= 4 is 17.4 Å². The molecule has 0 aromatic heterocycles. The molecule has 27 heavy (non-hydrogen) atoms. The zero-order valence-corrected chi connectivity index (χ0v) is 15.1. The van der Waals surface area contributed by atoms with Crippen LogP contribution in [0.25, 0.3) is 0 Å². The fourth-order valence-corrected chi connectivity index (χ4v) is 3.35. The highest BCUT2D eigenvalue weighted by Gasteiger charge is 2.35. The van der Waals surface area contributed by atoms with E-state index in [0.29, 0.717) is 38.6 Å². The summed E-state index contributed by atoms with van der Waals surface area (Å²) < 4.78 is 51.3. The third kappa shape index (κ3) is 5.04. The number of hydrogen-bond acceptors (Lipinski definition) is 4. The monoisotopic (exact) mass is 387 g/mol. The predicted octanol–water partition coefficient (Wildman–Crippen LogP) is 3.23. The van der Waals surface area contributed by atoms with Crippen LogP contribution in [0.1, 0.15) is 25.3 Å². The van der Waals surface area contributed by atoms with Gasteiger partial charge in [-0.15, -0.1) is 0 Å². The van der Waals surface area contributed by atoms with Crippen LogP contribution in [-0.2, 0) is 15.7 Å². The molecule has 2 fully saturated rings. The van der Waals surface area contributed by atoms with E-state index in [1.54, 1.807) is 13.0 Å². The van der Waals surface area contributed by atoms with Crippen molar-refractivity contribution in [1.29, 1.82) is 0 Å². The third-order valence-corrected chi connectivity index (χ3v) is 4.81. The number of anilines is 2. The summed E-state index contributed by atoms with van der Waals surface area (Å²) in [6.45, 7) is 4.43. The van der Waals surface area contributed by atoms with Crippen LogP contribution in [0.2, 0.25) is 0 Å². The van der Waals surface area contributed by atoms with Crippen molar-refractivity contribution < 1.29 is 27.4 Å². The molecule has 2 N–H and O–H groups in total. The number of hydrogen-bond donors (Lipinski definition) is 2. The van der Waals surface area contributed by atoms with Gasteiger partial charge in [0.25, 0.3) is 0 Å². The van der Waals surface area contributed by atoms with Gasteiger partial charge in [-0.25, -0.2) is 4.79 Å². The molecular weight excluding hydrogens is 363 g/mol. The summed E-state index contributed by atoms with van der Waals surface area (Å²) in [7, 11) is 0. The van der Waals surface area contributed by atoms with Gasteiger partial charge in [-0.2, -0.15) is 13.2 Å². The number of carbonyl (C=O) groups excluding carboxylic acids is 1. The highest BCUT2D eigenvalue weighted by Crippen LogP contribution is 2.37. The highest BCUT2D eigenvalue weighted by molar-refractivity contribution is 5.90. The molecule has 0 aliphatic carbocycles. The van der Waals surface area contributed by atoms with E-state index in [2.05, 4.69) is 10.6 Å². The molecule has 0 bridgehead atoms. The second-order valence-corrected chi connectivity index (χ2v) is 6.77. The summed E-state index contributed by atoms with van der Waals surface area (Å²) in [4.78, 5) is 14.0.